The molecular weight excluding hydrogens is 162 g/mol. The maximum Gasteiger partial charge on any atom is 0.0700 e. The van der Waals surface area contributed by atoms with Crippen molar-refractivity contribution in [2.24, 2.45) is 0 Å². The van der Waals surface area contributed by atoms with Crippen molar-refractivity contribution in [3.63, 3.8) is 0 Å². The van der Waals surface area contributed by atoms with Crippen LogP contribution in [-0.4, -0.2) is 24.8 Å². The molecule has 0 radical (unpaired) electrons. The minimum absolute atomic E-state index is 0.278. The summed E-state index contributed by atoms with van der Waals surface area (Å²) >= 11 is 0. The van der Waals surface area contributed by atoms with E-state index in [0.717, 1.165) is 13.2 Å². The van der Waals surface area contributed by atoms with Gasteiger partial charge in [0.15, 0.2) is 0 Å². The first-order chi connectivity index (χ1) is 6.14. The lowest BCUT2D eigenvalue weighted by Crippen LogP contribution is -2.43. The van der Waals surface area contributed by atoms with E-state index in [1.165, 1.54) is 25.7 Å². The molecule has 0 spiro atoms. The van der Waals surface area contributed by atoms with Crippen molar-refractivity contribution in [1.82, 2.24) is 5.32 Å². The molecule has 1 aliphatic heterocycles. The van der Waals surface area contributed by atoms with Crippen LogP contribution >= 0.6 is 0 Å². The van der Waals surface area contributed by atoms with Crippen LogP contribution in [0.5, 0.6) is 0 Å². The zero-order valence-corrected chi connectivity index (χ0v) is 9.23. The molecule has 1 rings (SSSR count). The molecule has 1 aliphatic rings. The van der Waals surface area contributed by atoms with Gasteiger partial charge in [0, 0.05) is 18.7 Å². The third-order valence-corrected chi connectivity index (χ3v) is 2.71. The minimum Gasteiger partial charge on any atom is -0.377 e. The van der Waals surface area contributed by atoms with Crippen molar-refractivity contribution in [2.75, 3.05) is 13.2 Å². The van der Waals surface area contributed by atoms with Crippen LogP contribution < -0.4 is 5.32 Å². The van der Waals surface area contributed by atoms with Gasteiger partial charge < -0.3 is 10.1 Å². The molecule has 1 atom stereocenters. The smallest absolute Gasteiger partial charge is 0.0700 e. The number of hydrogen-bond donors (Lipinski definition) is 1. The summed E-state index contributed by atoms with van der Waals surface area (Å²) in [5.74, 6) is 0. The first-order valence-electron chi connectivity index (χ1n) is 5.51. The van der Waals surface area contributed by atoms with E-state index >= 15 is 0 Å². The summed E-state index contributed by atoms with van der Waals surface area (Å²) in [6, 6.07) is 0. The summed E-state index contributed by atoms with van der Waals surface area (Å²) in [6.45, 7) is 8.75. The van der Waals surface area contributed by atoms with E-state index in [1.807, 2.05) is 0 Å². The third-order valence-electron chi connectivity index (χ3n) is 2.71. The number of hydrogen-bond acceptors (Lipinski definition) is 2. The lowest BCUT2D eigenvalue weighted by Gasteiger charge is -2.27. The number of nitrogens with one attached hydrogen (secondary N) is 1. The Labute approximate surface area is 82.0 Å². The normalized spacial score (nSPS) is 23.8. The van der Waals surface area contributed by atoms with E-state index < -0.39 is 0 Å². The van der Waals surface area contributed by atoms with E-state index in [1.54, 1.807) is 0 Å². The summed E-state index contributed by atoms with van der Waals surface area (Å²) in [6.07, 6.45) is 5.41. The highest BCUT2D eigenvalue weighted by molar-refractivity contribution is 4.79. The second-order valence-electron chi connectivity index (χ2n) is 4.65. The molecule has 0 aromatic carbocycles. The first kappa shape index (κ1) is 11.0. The van der Waals surface area contributed by atoms with E-state index in [0.29, 0.717) is 6.10 Å². The Hall–Kier alpha value is -0.0800. The van der Waals surface area contributed by atoms with Crippen LogP contribution in [0.2, 0.25) is 0 Å². The summed E-state index contributed by atoms with van der Waals surface area (Å²) in [7, 11) is 0. The zero-order chi connectivity index (χ0) is 9.73. The highest BCUT2D eigenvalue weighted by atomic mass is 16.5. The molecule has 0 amide bonds. The average molecular weight is 185 g/mol. The van der Waals surface area contributed by atoms with Crippen molar-refractivity contribution in [3.8, 4) is 0 Å². The maximum atomic E-state index is 5.56. The number of ether oxygens (including phenoxy) is 1. The molecule has 1 fully saturated rings. The molecule has 0 aliphatic carbocycles. The zero-order valence-electron chi connectivity index (χ0n) is 9.23. The molecule has 1 heterocycles. The molecule has 1 N–H and O–H groups in total. The molecule has 2 heteroatoms. The van der Waals surface area contributed by atoms with Gasteiger partial charge in [0.25, 0.3) is 0 Å². The van der Waals surface area contributed by atoms with Crippen molar-refractivity contribution in [2.45, 2.75) is 58.1 Å². The third kappa shape index (κ3) is 4.10. The van der Waals surface area contributed by atoms with Gasteiger partial charge in [-0.2, -0.15) is 0 Å². The lowest BCUT2D eigenvalue weighted by atomic mass is 9.98. The second-order valence-corrected chi connectivity index (χ2v) is 4.65. The monoisotopic (exact) mass is 185 g/mol. The van der Waals surface area contributed by atoms with Gasteiger partial charge in [0.05, 0.1) is 6.10 Å². The highest BCUT2D eigenvalue weighted by Crippen LogP contribution is 2.14. The lowest BCUT2D eigenvalue weighted by molar-refractivity contribution is 0.102. The molecule has 78 valence electrons. The van der Waals surface area contributed by atoms with E-state index in [-0.39, 0.29) is 5.54 Å². The summed E-state index contributed by atoms with van der Waals surface area (Å²) in [4.78, 5) is 0. The van der Waals surface area contributed by atoms with Crippen LogP contribution in [0.3, 0.4) is 0 Å². The summed E-state index contributed by atoms with van der Waals surface area (Å²) < 4.78 is 5.56. The quantitative estimate of drug-likeness (QED) is 0.710. The average Bonchev–Trinajstić information content (AvgIpc) is 2.52. The topological polar surface area (TPSA) is 21.3 Å². The predicted molar refractivity (Wildman–Crippen MR) is 56.0 cm³/mol. The number of rotatable bonds is 5. The van der Waals surface area contributed by atoms with Gasteiger partial charge >= 0.3 is 0 Å². The standard InChI is InChI=1S/C11H23NO/c1-4-7-11(2,3)12-9-10-6-5-8-13-10/h10,12H,4-9H2,1-3H3. The van der Waals surface area contributed by atoms with Gasteiger partial charge in [0.2, 0.25) is 0 Å². The largest absolute Gasteiger partial charge is 0.377 e. The Kier molecular flexibility index (Phi) is 4.20. The van der Waals surface area contributed by atoms with Gasteiger partial charge in [-0.1, -0.05) is 13.3 Å². The summed E-state index contributed by atoms with van der Waals surface area (Å²) in [5.41, 5.74) is 0.278. The molecule has 13 heavy (non-hydrogen) atoms. The van der Waals surface area contributed by atoms with Gasteiger partial charge in [-0.05, 0) is 33.1 Å². The Morgan fingerprint density at radius 2 is 2.23 bits per heavy atom. The fourth-order valence-electron chi connectivity index (χ4n) is 1.91. The van der Waals surface area contributed by atoms with E-state index in [2.05, 4.69) is 26.1 Å². The minimum atomic E-state index is 0.278. The highest BCUT2D eigenvalue weighted by Gasteiger charge is 2.20. The maximum absolute atomic E-state index is 5.56. The van der Waals surface area contributed by atoms with Gasteiger partial charge in [0.1, 0.15) is 0 Å². The van der Waals surface area contributed by atoms with E-state index in [9.17, 15) is 0 Å². The SMILES string of the molecule is CCCC(C)(C)NCC1CCCO1. The van der Waals surface area contributed by atoms with Crippen LogP contribution in [0.15, 0.2) is 0 Å². The van der Waals surface area contributed by atoms with Crippen molar-refractivity contribution in [3.05, 3.63) is 0 Å². The fourth-order valence-corrected chi connectivity index (χ4v) is 1.91. The van der Waals surface area contributed by atoms with Crippen LogP contribution in [-0.2, 0) is 4.74 Å². The van der Waals surface area contributed by atoms with Crippen LogP contribution in [0.4, 0.5) is 0 Å². The molecule has 0 bridgehead atoms. The molecule has 0 aromatic heterocycles. The van der Waals surface area contributed by atoms with Gasteiger partial charge in [-0.15, -0.1) is 0 Å². The van der Waals surface area contributed by atoms with Crippen LogP contribution in [0, 0.1) is 0 Å². The second kappa shape index (κ2) is 4.97. The molecule has 2 nitrogen and oxygen atoms in total. The van der Waals surface area contributed by atoms with Crippen molar-refractivity contribution in [1.29, 1.82) is 0 Å². The first-order valence-corrected chi connectivity index (χ1v) is 5.51. The van der Waals surface area contributed by atoms with Gasteiger partial charge in [-0.25, -0.2) is 0 Å². The molecule has 0 saturated carbocycles. The molecule has 1 saturated heterocycles. The van der Waals surface area contributed by atoms with Gasteiger partial charge in [-0.3, -0.25) is 0 Å². The van der Waals surface area contributed by atoms with Crippen LogP contribution in [0.1, 0.15) is 46.5 Å². The molecule has 0 aromatic rings. The fraction of sp³-hybridized carbons (Fsp3) is 1.00. The predicted octanol–water partition coefficient (Wildman–Crippen LogP) is 2.33. The Morgan fingerprint density at radius 1 is 1.46 bits per heavy atom. The Morgan fingerprint density at radius 3 is 2.77 bits per heavy atom. The summed E-state index contributed by atoms with van der Waals surface area (Å²) in [5, 5.41) is 3.58. The van der Waals surface area contributed by atoms with E-state index in [4.69, 9.17) is 4.74 Å². The molecule has 1 unspecified atom stereocenters. The Balaban J connectivity index is 2.15. The van der Waals surface area contributed by atoms with Crippen LogP contribution in [0.25, 0.3) is 0 Å². The van der Waals surface area contributed by atoms with Crippen molar-refractivity contribution < 1.29 is 4.74 Å². The molecular formula is C11H23NO. The van der Waals surface area contributed by atoms with Crippen molar-refractivity contribution >= 4 is 0 Å². The Bertz CT molecular complexity index is 139.